The summed E-state index contributed by atoms with van der Waals surface area (Å²) < 4.78 is 22.0. The molecule has 0 heterocycles. The fourth-order valence-electron chi connectivity index (χ4n) is 0.995. The lowest BCUT2D eigenvalue weighted by Gasteiger charge is -2.17. The van der Waals surface area contributed by atoms with Crippen LogP contribution in [0.2, 0.25) is 0 Å². The molecule has 0 saturated carbocycles. The van der Waals surface area contributed by atoms with E-state index in [2.05, 4.69) is 5.32 Å². The number of amides is 1. The molecule has 0 aromatic carbocycles. The van der Waals surface area contributed by atoms with Crippen molar-refractivity contribution in [3.8, 4) is 0 Å². The molecule has 14 heavy (non-hydrogen) atoms. The summed E-state index contributed by atoms with van der Waals surface area (Å²) in [7, 11) is -3.02. The van der Waals surface area contributed by atoms with Crippen LogP contribution in [0.5, 0.6) is 0 Å². The molecule has 0 aliphatic rings. The molecule has 0 aliphatic carbocycles. The third kappa shape index (κ3) is 5.96. The van der Waals surface area contributed by atoms with Gasteiger partial charge in [0.15, 0.2) is 0 Å². The van der Waals surface area contributed by atoms with Crippen molar-refractivity contribution in [1.29, 1.82) is 0 Å². The summed E-state index contributed by atoms with van der Waals surface area (Å²) in [6, 6.07) is -0.264. The molecule has 1 N–H and O–H groups in total. The second-order valence-corrected chi connectivity index (χ2v) is 6.05. The van der Waals surface area contributed by atoms with Gasteiger partial charge in [0.2, 0.25) is 5.91 Å². The number of hydrogen-bond donors (Lipinski definition) is 1. The van der Waals surface area contributed by atoms with E-state index in [9.17, 15) is 13.2 Å². The Morgan fingerprint density at radius 1 is 1.36 bits per heavy atom. The molecular formula is C9H19NO3S. The van der Waals surface area contributed by atoms with Gasteiger partial charge in [0.1, 0.15) is 9.84 Å². The minimum Gasteiger partial charge on any atom is -0.352 e. The monoisotopic (exact) mass is 221 g/mol. The second kappa shape index (κ2) is 5.34. The van der Waals surface area contributed by atoms with Crippen LogP contribution in [0.3, 0.4) is 0 Å². The minimum atomic E-state index is -3.02. The zero-order valence-corrected chi connectivity index (χ0v) is 10.0. The molecule has 84 valence electrons. The van der Waals surface area contributed by atoms with Gasteiger partial charge in [0.05, 0.1) is 5.75 Å². The average molecular weight is 221 g/mol. The third-order valence-electron chi connectivity index (χ3n) is 1.87. The van der Waals surface area contributed by atoms with Crippen LogP contribution in [0.1, 0.15) is 27.2 Å². The highest BCUT2D eigenvalue weighted by Gasteiger charge is 2.17. The van der Waals surface area contributed by atoms with Gasteiger partial charge in [-0.3, -0.25) is 4.79 Å². The average Bonchev–Trinajstić information content (AvgIpc) is 2.00. The molecule has 0 aromatic rings. The Bertz CT molecular complexity index is 282. The van der Waals surface area contributed by atoms with Crippen molar-refractivity contribution in [1.82, 2.24) is 5.32 Å². The molecule has 1 unspecified atom stereocenters. The summed E-state index contributed by atoms with van der Waals surface area (Å²) >= 11 is 0. The molecule has 5 heteroatoms. The first-order valence-corrected chi connectivity index (χ1v) is 6.80. The molecule has 0 radical (unpaired) electrons. The normalized spacial score (nSPS) is 14.1. The largest absolute Gasteiger partial charge is 0.352 e. The third-order valence-corrected chi connectivity index (χ3v) is 2.88. The van der Waals surface area contributed by atoms with E-state index in [0.717, 1.165) is 0 Å². The number of carbonyl (C=O) groups is 1. The van der Waals surface area contributed by atoms with Crippen LogP contribution in [0.15, 0.2) is 0 Å². The Kier molecular flexibility index (Phi) is 5.12. The minimum absolute atomic E-state index is 0.0158. The SMILES string of the molecule is CCC(CS(C)(=O)=O)NC(=O)C(C)C. The Balaban J connectivity index is 4.24. The highest BCUT2D eigenvalue weighted by molar-refractivity contribution is 7.90. The molecule has 0 spiro atoms. The van der Waals surface area contributed by atoms with Crippen molar-refractivity contribution < 1.29 is 13.2 Å². The predicted molar refractivity (Wildman–Crippen MR) is 56.8 cm³/mol. The number of hydrogen-bond acceptors (Lipinski definition) is 3. The second-order valence-electron chi connectivity index (χ2n) is 3.86. The van der Waals surface area contributed by atoms with Gasteiger partial charge in [0, 0.05) is 18.2 Å². The van der Waals surface area contributed by atoms with Gasteiger partial charge >= 0.3 is 0 Å². The van der Waals surface area contributed by atoms with Gasteiger partial charge in [-0.2, -0.15) is 0 Å². The quantitative estimate of drug-likeness (QED) is 0.738. The van der Waals surface area contributed by atoms with Crippen LogP contribution >= 0.6 is 0 Å². The van der Waals surface area contributed by atoms with E-state index in [-0.39, 0.29) is 23.6 Å². The Morgan fingerprint density at radius 3 is 2.14 bits per heavy atom. The van der Waals surface area contributed by atoms with Crippen molar-refractivity contribution in [3.63, 3.8) is 0 Å². The molecule has 1 amide bonds. The summed E-state index contributed by atoms with van der Waals surface area (Å²) in [5.74, 6) is -0.189. The lowest BCUT2D eigenvalue weighted by Crippen LogP contribution is -2.41. The number of nitrogens with one attached hydrogen (secondary N) is 1. The molecule has 1 atom stereocenters. The molecule has 0 aromatic heterocycles. The van der Waals surface area contributed by atoms with E-state index in [1.54, 1.807) is 13.8 Å². The van der Waals surface area contributed by atoms with Crippen molar-refractivity contribution >= 4 is 15.7 Å². The number of carbonyl (C=O) groups excluding carboxylic acids is 1. The highest BCUT2D eigenvalue weighted by atomic mass is 32.2. The predicted octanol–water partition coefficient (Wildman–Crippen LogP) is 0.582. The summed E-state index contributed by atoms with van der Waals surface area (Å²) in [6.45, 7) is 5.42. The lowest BCUT2D eigenvalue weighted by molar-refractivity contribution is -0.124. The lowest BCUT2D eigenvalue weighted by atomic mass is 10.2. The van der Waals surface area contributed by atoms with Crippen molar-refractivity contribution in [2.75, 3.05) is 12.0 Å². The summed E-state index contributed by atoms with van der Waals surface area (Å²) in [4.78, 5) is 11.3. The Morgan fingerprint density at radius 2 is 1.86 bits per heavy atom. The molecule has 0 rings (SSSR count). The van der Waals surface area contributed by atoms with Gasteiger partial charge in [-0.1, -0.05) is 20.8 Å². The van der Waals surface area contributed by atoms with Gasteiger partial charge in [-0.25, -0.2) is 8.42 Å². The van der Waals surface area contributed by atoms with E-state index < -0.39 is 9.84 Å². The smallest absolute Gasteiger partial charge is 0.222 e. The molecule has 0 bridgehead atoms. The van der Waals surface area contributed by atoms with E-state index in [1.165, 1.54) is 6.26 Å². The van der Waals surface area contributed by atoms with Crippen molar-refractivity contribution in [3.05, 3.63) is 0 Å². The molecule has 0 fully saturated rings. The van der Waals surface area contributed by atoms with Gasteiger partial charge < -0.3 is 5.32 Å². The molecular weight excluding hydrogens is 202 g/mol. The maximum absolute atomic E-state index is 11.3. The number of sulfone groups is 1. The van der Waals surface area contributed by atoms with Crippen LogP contribution in [0, 0.1) is 5.92 Å². The van der Waals surface area contributed by atoms with E-state index in [4.69, 9.17) is 0 Å². The summed E-state index contributed by atoms with van der Waals surface area (Å²) in [5.41, 5.74) is 0. The van der Waals surface area contributed by atoms with Crippen LogP contribution in [-0.4, -0.2) is 32.4 Å². The van der Waals surface area contributed by atoms with Crippen LogP contribution in [0.4, 0.5) is 0 Å². The fourth-order valence-corrected chi connectivity index (χ4v) is 2.04. The zero-order valence-electron chi connectivity index (χ0n) is 9.20. The Labute approximate surface area is 86.0 Å². The first-order chi connectivity index (χ1) is 6.26. The molecule has 0 aliphatic heterocycles. The summed E-state index contributed by atoms with van der Waals surface area (Å²) in [6.07, 6.45) is 1.81. The maximum Gasteiger partial charge on any atom is 0.222 e. The standard InChI is InChI=1S/C9H19NO3S/c1-5-8(6-14(4,12)13)10-9(11)7(2)3/h7-8H,5-6H2,1-4H3,(H,10,11). The van der Waals surface area contributed by atoms with Crippen molar-refractivity contribution in [2.24, 2.45) is 5.92 Å². The fraction of sp³-hybridized carbons (Fsp3) is 0.889. The van der Waals surface area contributed by atoms with Crippen LogP contribution in [0.25, 0.3) is 0 Å². The highest BCUT2D eigenvalue weighted by Crippen LogP contribution is 1.99. The first kappa shape index (κ1) is 13.4. The van der Waals surface area contributed by atoms with Crippen LogP contribution in [-0.2, 0) is 14.6 Å². The van der Waals surface area contributed by atoms with Gasteiger partial charge in [-0.15, -0.1) is 0 Å². The zero-order chi connectivity index (χ0) is 11.4. The molecule has 4 nitrogen and oxygen atoms in total. The summed E-state index contributed by atoms with van der Waals surface area (Å²) in [5, 5.41) is 2.70. The van der Waals surface area contributed by atoms with Crippen LogP contribution < -0.4 is 5.32 Å². The van der Waals surface area contributed by atoms with E-state index >= 15 is 0 Å². The van der Waals surface area contributed by atoms with Gasteiger partial charge in [-0.05, 0) is 6.42 Å². The van der Waals surface area contributed by atoms with Crippen molar-refractivity contribution in [2.45, 2.75) is 33.2 Å². The topological polar surface area (TPSA) is 63.2 Å². The Hall–Kier alpha value is -0.580. The number of rotatable bonds is 5. The van der Waals surface area contributed by atoms with E-state index in [1.807, 2.05) is 6.92 Å². The van der Waals surface area contributed by atoms with E-state index in [0.29, 0.717) is 6.42 Å². The first-order valence-electron chi connectivity index (χ1n) is 4.74. The van der Waals surface area contributed by atoms with Gasteiger partial charge in [0.25, 0.3) is 0 Å². The molecule has 0 saturated heterocycles. The maximum atomic E-state index is 11.3.